The van der Waals surface area contributed by atoms with Crippen LogP contribution in [0.25, 0.3) is 33.3 Å². The largest absolute Gasteiger partial charge is 0.377 e. The highest BCUT2D eigenvalue weighted by atomic mass is 32.2. The molecule has 1 aliphatic heterocycles. The first kappa shape index (κ1) is 20.6. The van der Waals surface area contributed by atoms with E-state index in [1.807, 2.05) is 36.4 Å². The van der Waals surface area contributed by atoms with E-state index in [0.717, 1.165) is 45.6 Å². The Morgan fingerprint density at radius 2 is 2.00 bits per heavy atom. The Morgan fingerprint density at radius 1 is 1.16 bits per heavy atom. The maximum Gasteiger partial charge on any atom is 0.139 e. The first-order valence-corrected chi connectivity index (χ1v) is 12.1. The lowest BCUT2D eigenvalue weighted by molar-refractivity contribution is 0.0986. The fraction of sp³-hybridized carbons (Fsp3) is 0.261. The van der Waals surface area contributed by atoms with Gasteiger partial charge >= 0.3 is 0 Å². The predicted octanol–water partition coefficient (Wildman–Crippen LogP) is 3.84. The highest BCUT2D eigenvalue weighted by Gasteiger charge is 2.27. The molecule has 0 saturated carbocycles. The number of thiol groups is 1. The number of hydrogen-bond donors (Lipinski definition) is 2. The second-order valence-corrected chi connectivity index (χ2v) is 8.91. The van der Waals surface area contributed by atoms with Crippen LogP contribution in [0.3, 0.4) is 0 Å². The maximum absolute atomic E-state index is 11.5. The topological polar surface area (TPSA) is 96.4 Å². The number of ether oxygens (including phenoxy) is 1. The van der Waals surface area contributed by atoms with Crippen molar-refractivity contribution in [3.63, 3.8) is 0 Å². The van der Waals surface area contributed by atoms with E-state index in [1.54, 1.807) is 24.8 Å². The van der Waals surface area contributed by atoms with Crippen LogP contribution in [0.4, 0.5) is 11.5 Å². The van der Waals surface area contributed by atoms with Crippen LogP contribution in [0.2, 0.25) is 0 Å². The van der Waals surface area contributed by atoms with Gasteiger partial charge in [0.1, 0.15) is 5.82 Å². The Kier molecular flexibility index (Phi) is 5.59. The molecule has 1 saturated heterocycles. The summed E-state index contributed by atoms with van der Waals surface area (Å²) in [5, 5.41) is 8.35. The molecule has 32 heavy (non-hydrogen) atoms. The fourth-order valence-corrected chi connectivity index (χ4v) is 4.62. The zero-order chi connectivity index (χ0) is 22.1. The molecule has 1 aromatic carbocycles. The van der Waals surface area contributed by atoms with Gasteiger partial charge in [0.05, 0.1) is 47.9 Å². The molecular weight excluding hydrogens is 424 g/mol. The second kappa shape index (κ2) is 8.68. The van der Waals surface area contributed by atoms with Gasteiger partial charge in [-0.05, 0) is 36.8 Å². The van der Waals surface area contributed by atoms with E-state index >= 15 is 0 Å². The number of nitrogens with one attached hydrogen (secondary N) is 1. The summed E-state index contributed by atoms with van der Waals surface area (Å²) in [5.74, 6) is 0.881. The molecule has 0 spiro atoms. The number of nitrogens with zero attached hydrogens (tertiary/aromatic N) is 5. The summed E-state index contributed by atoms with van der Waals surface area (Å²) in [5.41, 5.74) is 5.46. The zero-order valence-electron chi connectivity index (χ0n) is 17.9. The summed E-state index contributed by atoms with van der Waals surface area (Å²) in [6.45, 7) is 4.20. The third-order valence-electron chi connectivity index (χ3n) is 5.59. The molecule has 4 aromatic rings. The number of H-pyrrole nitrogens is 1. The Labute approximate surface area is 187 Å². The normalized spacial score (nSPS) is 17.7. The summed E-state index contributed by atoms with van der Waals surface area (Å²) >= 11 is 0. The number of aromatic amines is 1. The van der Waals surface area contributed by atoms with Crippen molar-refractivity contribution in [2.75, 3.05) is 30.9 Å². The fourth-order valence-electron chi connectivity index (χ4n) is 4.16. The number of morpholine rings is 1. The van der Waals surface area contributed by atoms with E-state index in [4.69, 9.17) is 9.72 Å². The molecule has 0 bridgehead atoms. The van der Waals surface area contributed by atoms with Gasteiger partial charge in [0.25, 0.3) is 0 Å². The van der Waals surface area contributed by atoms with Crippen molar-refractivity contribution in [3.05, 3.63) is 55.0 Å². The van der Waals surface area contributed by atoms with E-state index < -0.39 is 10.6 Å². The van der Waals surface area contributed by atoms with Gasteiger partial charge in [-0.1, -0.05) is 12.1 Å². The van der Waals surface area contributed by atoms with E-state index in [2.05, 4.69) is 31.4 Å². The lowest BCUT2D eigenvalue weighted by Gasteiger charge is -2.36. The van der Waals surface area contributed by atoms with Crippen molar-refractivity contribution < 1.29 is 8.95 Å². The van der Waals surface area contributed by atoms with Gasteiger partial charge in [0.15, 0.2) is 0 Å². The minimum atomic E-state index is -1.60. The van der Waals surface area contributed by atoms with Gasteiger partial charge < -0.3 is 9.64 Å². The molecule has 1 unspecified atom stereocenters. The SMILES string of the molecule is C[C@@H]1COCCN1c1nc2cnccc2c(-c2ccc(/N=[SH](/C)=O)cc2)c1-c1ccn[nH]1. The minimum absolute atomic E-state index is 0.182. The average Bonchev–Trinajstić information content (AvgIpc) is 3.33. The number of aromatic nitrogens is 4. The first-order chi connectivity index (χ1) is 15.6. The van der Waals surface area contributed by atoms with E-state index in [-0.39, 0.29) is 6.04 Å². The van der Waals surface area contributed by atoms with Crippen LogP contribution in [0, 0.1) is 0 Å². The molecule has 3 aromatic heterocycles. The van der Waals surface area contributed by atoms with Crippen LogP contribution < -0.4 is 4.90 Å². The van der Waals surface area contributed by atoms with Crippen LogP contribution >= 0.6 is 0 Å². The van der Waals surface area contributed by atoms with Crippen molar-refractivity contribution in [1.82, 2.24) is 20.2 Å². The molecule has 0 radical (unpaired) electrons. The molecule has 1 N–H and O–H groups in total. The molecule has 4 heterocycles. The predicted molar refractivity (Wildman–Crippen MR) is 128 cm³/mol. The Bertz CT molecular complexity index is 1330. The first-order valence-electron chi connectivity index (χ1n) is 10.5. The number of pyridine rings is 2. The Hall–Kier alpha value is -3.30. The van der Waals surface area contributed by atoms with Crippen molar-refractivity contribution in [2.45, 2.75) is 13.0 Å². The quantitative estimate of drug-likeness (QED) is 0.461. The maximum atomic E-state index is 11.5. The van der Waals surface area contributed by atoms with Crippen molar-refractivity contribution in [3.8, 4) is 22.4 Å². The van der Waals surface area contributed by atoms with Gasteiger partial charge in [-0.25, -0.2) is 9.35 Å². The van der Waals surface area contributed by atoms with Crippen LogP contribution in [0.5, 0.6) is 0 Å². The third-order valence-corrected chi connectivity index (χ3v) is 6.10. The number of hydrogen-bond acceptors (Lipinski definition) is 7. The average molecular weight is 449 g/mol. The van der Waals surface area contributed by atoms with E-state index in [0.29, 0.717) is 18.9 Å². The van der Waals surface area contributed by atoms with E-state index in [9.17, 15) is 4.21 Å². The van der Waals surface area contributed by atoms with Crippen LogP contribution in [-0.4, -0.2) is 56.4 Å². The Balaban J connectivity index is 1.81. The van der Waals surface area contributed by atoms with Crippen LogP contribution in [0.15, 0.2) is 59.4 Å². The molecule has 0 amide bonds. The van der Waals surface area contributed by atoms with Gasteiger partial charge in [-0.2, -0.15) is 5.10 Å². The van der Waals surface area contributed by atoms with Crippen LogP contribution in [-0.2, 0) is 15.3 Å². The lowest BCUT2D eigenvalue weighted by Crippen LogP contribution is -2.44. The minimum Gasteiger partial charge on any atom is -0.377 e. The number of anilines is 1. The molecule has 8 nitrogen and oxygen atoms in total. The Morgan fingerprint density at radius 3 is 2.72 bits per heavy atom. The zero-order valence-corrected chi connectivity index (χ0v) is 18.8. The smallest absolute Gasteiger partial charge is 0.139 e. The molecule has 9 heteroatoms. The summed E-state index contributed by atoms with van der Waals surface area (Å²) in [4.78, 5) is 11.7. The second-order valence-electron chi connectivity index (χ2n) is 7.78. The number of rotatable bonds is 4. The van der Waals surface area contributed by atoms with Crippen molar-refractivity contribution in [1.29, 1.82) is 0 Å². The summed E-state index contributed by atoms with van der Waals surface area (Å²) in [7, 11) is -1.60. The van der Waals surface area contributed by atoms with Crippen molar-refractivity contribution >= 4 is 33.0 Å². The van der Waals surface area contributed by atoms with Gasteiger partial charge in [-0.15, -0.1) is 0 Å². The molecule has 1 fully saturated rings. The van der Waals surface area contributed by atoms with E-state index in [1.165, 1.54) is 0 Å². The van der Waals surface area contributed by atoms with Crippen molar-refractivity contribution in [2.24, 2.45) is 4.36 Å². The standard InChI is InChI=1S/C23H24N6O2S/c1-15-14-31-12-11-29(15)23-22(19-8-10-25-27-19)21(18-7-9-24-13-20(18)26-23)16-3-5-17(6-4-16)28-32(2)30/h3-10,13,15,32H,11-12,14H2,1-2H3,(H,25,27)/t15-/m1/s1. The highest BCUT2D eigenvalue weighted by Crippen LogP contribution is 2.43. The van der Waals surface area contributed by atoms with Crippen LogP contribution in [0.1, 0.15) is 6.92 Å². The molecule has 2 atom stereocenters. The van der Waals surface area contributed by atoms with Gasteiger partial charge in [0, 0.05) is 46.7 Å². The molecule has 1 aliphatic rings. The highest BCUT2D eigenvalue weighted by molar-refractivity contribution is 7.74. The summed E-state index contributed by atoms with van der Waals surface area (Å²) in [6.07, 6.45) is 6.93. The third kappa shape index (κ3) is 3.85. The summed E-state index contributed by atoms with van der Waals surface area (Å²) in [6, 6.07) is 12.0. The molecule has 0 aliphatic carbocycles. The van der Waals surface area contributed by atoms with Gasteiger partial charge in [0.2, 0.25) is 0 Å². The molecule has 164 valence electrons. The summed E-state index contributed by atoms with van der Waals surface area (Å²) < 4.78 is 21.4. The number of benzene rings is 1. The van der Waals surface area contributed by atoms with Gasteiger partial charge in [-0.3, -0.25) is 14.3 Å². The monoisotopic (exact) mass is 448 g/mol. The number of fused-ring (bicyclic) bond motifs is 1. The molecular formula is C23H24N6O2S. The lowest BCUT2D eigenvalue weighted by atomic mass is 9.93. The molecule has 5 rings (SSSR count).